The SMILES string of the molecule is O=C(OCC(=O)c1ccc(Cl)s1)c1csc(-c2ccccc2)n1. The Bertz CT molecular complexity index is 842. The van der Waals surface area contributed by atoms with E-state index in [0.717, 1.165) is 21.9 Å². The lowest BCUT2D eigenvalue weighted by atomic mass is 10.2. The van der Waals surface area contributed by atoms with Gasteiger partial charge in [-0.3, -0.25) is 4.79 Å². The minimum Gasteiger partial charge on any atom is -0.453 e. The number of nitrogens with zero attached hydrogens (tertiary/aromatic N) is 1. The van der Waals surface area contributed by atoms with Gasteiger partial charge in [0.25, 0.3) is 0 Å². The molecule has 0 fully saturated rings. The van der Waals surface area contributed by atoms with Crippen LogP contribution in [0.5, 0.6) is 0 Å². The average molecular weight is 364 g/mol. The molecule has 2 heterocycles. The molecule has 7 heteroatoms. The monoisotopic (exact) mass is 363 g/mol. The first-order valence-corrected chi connectivity index (χ1v) is 8.67. The zero-order chi connectivity index (χ0) is 16.2. The number of carbonyl (C=O) groups excluding carboxylic acids is 2. The van der Waals surface area contributed by atoms with E-state index < -0.39 is 5.97 Å². The summed E-state index contributed by atoms with van der Waals surface area (Å²) in [6.07, 6.45) is 0. The molecular weight excluding hydrogens is 354 g/mol. The molecule has 3 rings (SSSR count). The highest BCUT2D eigenvalue weighted by molar-refractivity contribution is 7.18. The molecule has 0 N–H and O–H groups in total. The minimum atomic E-state index is -0.612. The number of halogens is 1. The Hall–Kier alpha value is -2.02. The van der Waals surface area contributed by atoms with Crippen LogP contribution in [0.4, 0.5) is 0 Å². The molecular formula is C16H10ClNO3S2. The molecule has 1 aromatic carbocycles. The van der Waals surface area contributed by atoms with Gasteiger partial charge in [0, 0.05) is 10.9 Å². The fraction of sp³-hybridized carbons (Fsp3) is 0.0625. The van der Waals surface area contributed by atoms with Gasteiger partial charge in [-0.1, -0.05) is 41.9 Å². The predicted octanol–water partition coefficient (Wildman–Crippen LogP) is 4.56. The second-order valence-electron chi connectivity index (χ2n) is 4.51. The number of thiazole rings is 1. The molecule has 0 bridgehead atoms. The number of hydrogen-bond donors (Lipinski definition) is 0. The van der Waals surface area contributed by atoms with Crippen molar-refractivity contribution in [2.24, 2.45) is 0 Å². The van der Waals surface area contributed by atoms with Crippen molar-refractivity contribution in [3.8, 4) is 10.6 Å². The van der Waals surface area contributed by atoms with Gasteiger partial charge in [-0.15, -0.1) is 22.7 Å². The van der Waals surface area contributed by atoms with Crippen molar-refractivity contribution in [2.75, 3.05) is 6.61 Å². The van der Waals surface area contributed by atoms with E-state index in [9.17, 15) is 9.59 Å². The number of rotatable bonds is 5. The lowest BCUT2D eigenvalue weighted by Crippen LogP contribution is -2.13. The van der Waals surface area contributed by atoms with Crippen LogP contribution >= 0.6 is 34.3 Å². The first-order valence-electron chi connectivity index (χ1n) is 6.60. The number of esters is 1. The van der Waals surface area contributed by atoms with Crippen molar-refractivity contribution in [1.82, 2.24) is 4.98 Å². The zero-order valence-electron chi connectivity index (χ0n) is 11.7. The van der Waals surface area contributed by atoms with Crippen LogP contribution in [0.1, 0.15) is 20.2 Å². The molecule has 116 valence electrons. The molecule has 4 nitrogen and oxygen atoms in total. The van der Waals surface area contributed by atoms with Gasteiger partial charge in [0.05, 0.1) is 9.21 Å². The van der Waals surface area contributed by atoms with Gasteiger partial charge in [-0.2, -0.15) is 0 Å². The maximum atomic E-state index is 12.0. The third-order valence-corrected chi connectivity index (χ3v) is 5.08. The number of carbonyl (C=O) groups is 2. The number of ketones is 1. The fourth-order valence-corrected chi connectivity index (χ4v) is 3.58. The highest BCUT2D eigenvalue weighted by atomic mass is 35.5. The molecule has 23 heavy (non-hydrogen) atoms. The van der Waals surface area contributed by atoms with Crippen LogP contribution in [-0.4, -0.2) is 23.3 Å². The van der Waals surface area contributed by atoms with Crippen molar-refractivity contribution < 1.29 is 14.3 Å². The third kappa shape index (κ3) is 3.85. The number of benzene rings is 1. The average Bonchev–Trinajstić information content (AvgIpc) is 3.22. The smallest absolute Gasteiger partial charge is 0.358 e. The van der Waals surface area contributed by atoms with Crippen molar-refractivity contribution in [2.45, 2.75) is 0 Å². The Balaban J connectivity index is 1.63. The van der Waals surface area contributed by atoms with E-state index in [1.54, 1.807) is 17.5 Å². The van der Waals surface area contributed by atoms with Crippen molar-refractivity contribution >= 4 is 46.0 Å². The summed E-state index contributed by atoms with van der Waals surface area (Å²) >= 11 is 8.28. The van der Waals surface area contributed by atoms with Crippen LogP contribution < -0.4 is 0 Å². The molecule has 3 aromatic rings. The molecule has 0 atom stereocenters. The summed E-state index contributed by atoms with van der Waals surface area (Å²) in [5, 5.41) is 2.35. The summed E-state index contributed by atoms with van der Waals surface area (Å²) in [6.45, 7) is -0.326. The summed E-state index contributed by atoms with van der Waals surface area (Å²) in [5.74, 6) is -0.895. The Morgan fingerprint density at radius 3 is 2.61 bits per heavy atom. The molecule has 0 aliphatic carbocycles. The standard InChI is InChI=1S/C16H10ClNO3S2/c17-14-7-6-13(23-14)12(19)8-21-16(20)11-9-22-15(18-11)10-4-2-1-3-5-10/h1-7,9H,8H2. The van der Waals surface area contributed by atoms with Crippen LogP contribution in [0.3, 0.4) is 0 Å². The zero-order valence-corrected chi connectivity index (χ0v) is 14.1. The van der Waals surface area contributed by atoms with E-state index in [1.165, 1.54) is 11.3 Å². The van der Waals surface area contributed by atoms with E-state index in [0.29, 0.717) is 9.21 Å². The second-order valence-corrected chi connectivity index (χ2v) is 7.08. The largest absolute Gasteiger partial charge is 0.453 e. The quantitative estimate of drug-likeness (QED) is 0.492. The van der Waals surface area contributed by atoms with E-state index in [1.807, 2.05) is 30.3 Å². The van der Waals surface area contributed by atoms with Crippen molar-refractivity contribution in [3.05, 3.63) is 62.8 Å². The summed E-state index contributed by atoms with van der Waals surface area (Å²) in [4.78, 5) is 28.6. The normalized spacial score (nSPS) is 10.5. The topological polar surface area (TPSA) is 56.3 Å². The van der Waals surface area contributed by atoms with E-state index >= 15 is 0 Å². The number of hydrogen-bond acceptors (Lipinski definition) is 6. The maximum absolute atomic E-state index is 12.0. The highest BCUT2D eigenvalue weighted by Crippen LogP contribution is 2.24. The Morgan fingerprint density at radius 2 is 1.91 bits per heavy atom. The number of thiophene rings is 1. The Morgan fingerprint density at radius 1 is 1.13 bits per heavy atom. The molecule has 0 aliphatic rings. The van der Waals surface area contributed by atoms with Gasteiger partial charge >= 0.3 is 5.97 Å². The number of Topliss-reactive ketones (excluding diaryl/α,β-unsaturated/α-hetero) is 1. The molecule has 0 unspecified atom stereocenters. The van der Waals surface area contributed by atoms with Crippen LogP contribution in [0, 0.1) is 0 Å². The van der Waals surface area contributed by atoms with Crippen molar-refractivity contribution in [1.29, 1.82) is 0 Å². The Labute approximate surface area is 145 Å². The third-order valence-electron chi connectivity index (χ3n) is 2.92. The molecule has 0 aliphatic heterocycles. The second kappa shape index (κ2) is 7.04. The first-order chi connectivity index (χ1) is 11.1. The molecule has 2 aromatic heterocycles. The summed E-state index contributed by atoms with van der Waals surface area (Å²) in [6, 6.07) is 12.8. The predicted molar refractivity (Wildman–Crippen MR) is 91.5 cm³/mol. The van der Waals surface area contributed by atoms with Gasteiger partial charge < -0.3 is 4.74 Å². The van der Waals surface area contributed by atoms with E-state index in [2.05, 4.69) is 4.98 Å². The summed E-state index contributed by atoms with van der Waals surface area (Å²) in [5.41, 5.74) is 1.13. The lowest BCUT2D eigenvalue weighted by molar-refractivity contribution is 0.0471. The van der Waals surface area contributed by atoms with Crippen molar-refractivity contribution in [3.63, 3.8) is 0 Å². The van der Waals surface area contributed by atoms with Gasteiger partial charge in [-0.25, -0.2) is 9.78 Å². The lowest BCUT2D eigenvalue weighted by Gasteiger charge is -2.00. The molecule has 0 saturated carbocycles. The van der Waals surface area contributed by atoms with E-state index in [4.69, 9.17) is 16.3 Å². The first kappa shape index (κ1) is 15.9. The van der Waals surface area contributed by atoms with Crippen LogP contribution in [0.15, 0.2) is 47.8 Å². The minimum absolute atomic E-state index is 0.200. The molecule has 0 radical (unpaired) electrons. The van der Waals surface area contributed by atoms with Gasteiger partial charge in [0.1, 0.15) is 5.01 Å². The van der Waals surface area contributed by atoms with Crippen LogP contribution in [0.2, 0.25) is 4.34 Å². The number of ether oxygens (including phenoxy) is 1. The van der Waals surface area contributed by atoms with Gasteiger partial charge in [0.15, 0.2) is 12.3 Å². The summed E-state index contributed by atoms with van der Waals surface area (Å²) in [7, 11) is 0. The summed E-state index contributed by atoms with van der Waals surface area (Å²) < 4.78 is 5.54. The van der Waals surface area contributed by atoms with E-state index in [-0.39, 0.29) is 18.1 Å². The molecule has 0 spiro atoms. The fourth-order valence-electron chi connectivity index (χ4n) is 1.82. The molecule has 0 amide bonds. The maximum Gasteiger partial charge on any atom is 0.358 e. The van der Waals surface area contributed by atoms with Crippen LogP contribution in [-0.2, 0) is 4.74 Å². The van der Waals surface area contributed by atoms with Gasteiger partial charge in [0.2, 0.25) is 5.78 Å². The van der Waals surface area contributed by atoms with Gasteiger partial charge in [-0.05, 0) is 12.1 Å². The van der Waals surface area contributed by atoms with Crippen LogP contribution in [0.25, 0.3) is 10.6 Å². The highest BCUT2D eigenvalue weighted by Gasteiger charge is 2.16. The molecule has 0 saturated heterocycles. The number of aromatic nitrogens is 1. The Kier molecular flexibility index (Phi) is 4.85.